The SMILES string of the molecule is CNC(CCc1ccccc1)c1cc2c(s1)CCCC2. The summed E-state index contributed by atoms with van der Waals surface area (Å²) in [7, 11) is 2.09. The van der Waals surface area contributed by atoms with Gasteiger partial charge in [-0.25, -0.2) is 0 Å². The van der Waals surface area contributed by atoms with E-state index in [9.17, 15) is 0 Å². The van der Waals surface area contributed by atoms with Gasteiger partial charge in [-0.3, -0.25) is 0 Å². The van der Waals surface area contributed by atoms with E-state index in [1.165, 1.54) is 42.5 Å². The molecule has 1 aliphatic carbocycles. The monoisotopic (exact) mass is 285 g/mol. The minimum absolute atomic E-state index is 0.505. The number of aryl methyl sites for hydroxylation is 3. The van der Waals surface area contributed by atoms with Crippen LogP contribution < -0.4 is 5.32 Å². The highest BCUT2D eigenvalue weighted by Crippen LogP contribution is 2.34. The summed E-state index contributed by atoms with van der Waals surface area (Å²) >= 11 is 2.04. The zero-order valence-electron chi connectivity index (χ0n) is 12.2. The maximum Gasteiger partial charge on any atom is 0.0415 e. The topological polar surface area (TPSA) is 12.0 Å². The Labute approximate surface area is 126 Å². The van der Waals surface area contributed by atoms with Crippen molar-refractivity contribution in [2.24, 2.45) is 0 Å². The summed E-state index contributed by atoms with van der Waals surface area (Å²) in [6.07, 6.45) is 7.67. The first-order valence-corrected chi connectivity index (χ1v) is 8.51. The molecule has 20 heavy (non-hydrogen) atoms. The molecule has 2 aromatic rings. The summed E-state index contributed by atoms with van der Waals surface area (Å²) in [5.74, 6) is 0. The molecule has 1 aromatic heterocycles. The van der Waals surface area contributed by atoms with Crippen molar-refractivity contribution in [2.45, 2.75) is 44.6 Å². The van der Waals surface area contributed by atoms with Gasteiger partial charge in [0.15, 0.2) is 0 Å². The molecule has 1 atom stereocenters. The summed E-state index contributed by atoms with van der Waals surface area (Å²) < 4.78 is 0. The molecule has 0 aliphatic heterocycles. The number of hydrogen-bond donors (Lipinski definition) is 1. The van der Waals surface area contributed by atoms with Gasteiger partial charge in [0.1, 0.15) is 0 Å². The summed E-state index contributed by atoms with van der Waals surface area (Å²) in [5.41, 5.74) is 3.06. The van der Waals surface area contributed by atoms with Crippen LogP contribution >= 0.6 is 11.3 Å². The Morgan fingerprint density at radius 1 is 1.15 bits per heavy atom. The lowest BCUT2D eigenvalue weighted by Gasteiger charge is -2.14. The fraction of sp³-hybridized carbons (Fsp3) is 0.444. The van der Waals surface area contributed by atoms with Crippen molar-refractivity contribution in [1.82, 2.24) is 5.32 Å². The smallest absolute Gasteiger partial charge is 0.0415 e. The highest BCUT2D eigenvalue weighted by Gasteiger charge is 2.18. The van der Waals surface area contributed by atoms with E-state index >= 15 is 0 Å². The second kappa shape index (κ2) is 6.55. The van der Waals surface area contributed by atoms with Crippen LogP contribution in [0.3, 0.4) is 0 Å². The van der Waals surface area contributed by atoms with Crippen LogP contribution in [-0.2, 0) is 19.3 Å². The third-order valence-corrected chi connectivity index (χ3v) is 5.62. The second-order valence-electron chi connectivity index (χ2n) is 5.67. The highest BCUT2D eigenvalue weighted by atomic mass is 32.1. The molecule has 0 radical (unpaired) electrons. The maximum absolute atomic E-state index is 3.51. The van der Waals surface area contributed by atoms with E-state index in [4.69, 9.17) is 0 Å². The third-order valence-electron chi connectivity index (χ3n) is 4.27. The Morgan fingerprint density at radius 2 is 1.95 bits per heavy atom. The van der Waals surface area contributed by atoms with E-state index in [-0.39, 0.29) is 0 Å². The third kappa shape index (κ3) is 3.13. The normalized spacial score (nSPS) is 15.8. The Morgan fingerprint density at radius 3 is 2.70 bits per heavy atom. The van der Waals surface area contributed by atoms with E-state index < -0.39 is 0 Å². The Kier molecular flexibility index (Phi) is 4.54. The van der Waals surface area contributed by atoms with Crippen LogP contribution in [0, 0.1) is 0 Å². The van der Waals surface area contributed by atoms with E-state index in [1.807, 2.05) is 11.3 Å². The molecule has 1 nitrogen and oxygen atoms in total. The van der Waals surface area contributed by atoms with Gasteiger partial charge in [0.2, 0.25) is 0 Å². The summed E-state index contributed by atoms with van der Waals surface area (Å²) in [4.78, 5) is 3.18. The van der Waals surface area contributed by atoms with E-state index in [2.05, 4.69) is 48.8 Å². The van der Waals surface area contributed by atoms with E-state index in [0.717, 1.165) is 6.42 Å². The molecule has 1 N–H and O–H groups in total. The molecular formula is C18H23NS. The minimum atomic E-state index is 0.505. The van der Waals surface area contributed by atoms with Crippen molar-refractivity contribution in [3.63, 3.8) is 0 Å². The van der Waals surface area contributed by atoms with Crippen molar-refractivity contribution < 1.29 is 0 Å². The molecule has 2 heteroatoms. The van der Waals surface area contributed by atoms with Crippen LogP contribution in [0.15, 0.2) is 36.4 Å². The first-order chi connectivity index (χ1) is 9.86. The minimum Gasteiger partial charge on any atom is -0.312 e. The summed E-state index contributed by atoms with van der Waals surface area (Å²) in [6.45, 7) is 0. The predicted octanol–water partition coefficient (Wildman–Crippen LogP) is 4.52. The molecule has 0 fully saturated rings. The molecular weight excluding hydrogens is 262 g/mol. The highest BCUT2D eigenvalue weighted by molar-refractivity contribution is 7.12. The number of rotatable bonds is 5. The molecule has 1 aromatic carbocycles. The van der Waals surface area contributed by atoms with Crippen molar-refractivity contribution in [3.05, 3.63) is 57.3 Å². The average molecular weight is 285 g/mol. The molecule has 1 unspecified atom stereocenters. The van der Waals surface area contributed by atoms with Gasteiger partial charge in [-0.2, -0.15) is 0 Å². The molecule has 0 amide bonds. The van der Waals surface area contributed by atoms with Crippen LogP contribution in [-0.4, -0.2) is 7.05 Å². The Hall–Kier alpha value is -1.12. The van der Waals surface area contributed by atoms with Crippen LogP contribution in [0.25, 0.3) is 0 Å². The van der Waals surface area contributed by atoms with Gasteiger partial charge >= 0.3 is 0 Å². The van der Waals surface area contributed by atoms with Crippen LogP contribution in [0.4, 0.5) is 0 Å². The van der Waals surface area contributed by atoms with Gasteiger partial charge in [0.05, 0.1) is 0 Å². The van der Waals surface area contributed by atoms with Gasteiger partial charge in [0.25, 0.3) is 0 Å². The van der Waals surface area contributed by atoms with Crippen LogP contribution in [0.1, 0.15) is 46.2 Å². The molecule has 1 heterocycles. The lowest BCUT2D eigenvalue weighted by molar-refractivity contribution is 0.557. The van der Waals surface area contributed by atoms with Gasteiger partial charge in [-0.1, -0.05) is 30.3 Å². The number of hydrogen-bond acceptors (Lipinski definition) is 2. The Balaban J connectivity index is 1.68. The number of benzene rings is 1. The van der Waals surface area contributed by atoms with Crippen molar-refractivity contribution in [2.75, 3.05) is 7.05 Å². The molecule has 0 spiro atoms. The largest absolute Gasteiger partial charge is 0.312 e. The molecule has 0 bridgehead atoms. The molecule has 1 aliphatic rings. The standard InChI is InChI=1S/C18H23NS/c1-19-16(12-11-14-7-3-2-4-8-14)18-13-15-9-5-6-10-17(15)20-18/h2-4,7-8,13,16,19H,5-6,9-12H2,1H3. The van der Waals surface area contributed by atoms with Crippen molar-refractivity contribution in [1.29, 1.82) is 0 Å². The summed E-state index contributed by atoms with van der Waals surface area (Å²) in [5, 5.41) is 3.51. The predicted molar refractivity (Wildman–Crippen MR) is 87.5 cm³/mol. The second-order valence-corrected chi connectivity index (χ2v) is 6.84. The molecule has 0 saturated carbocycles. The number of fused-ring (bicyclic) bond motifs is 1. The van der Waals surface area contributed by atoms with Crippen LogP contribution in [0.5, 0.6) is 0 Å². The fourth-order valence-electron chi connectivity index (χ4n) is 3.07. The molecule has 3 rings (SSSR count). The summed E-state index contributed by atoms with van der Waals surface area (Å²) in [6, 6.07) is 13.8. The maximum atomic E-state index is 3.51. The fourth-order valence-corrected chi connectivity index (χ4v) is 4.47. The first-order valence-electron chi connectivity index (χ1n) is 7.69. The zero-order valence-corrected chi connectivity index (χ0v) is 13.0. The van der Waals surface area contributed by atoms with Gasteiger partial charge in [0, 0.05) is 15.8 Å². The van der Waals surface area contributed by atoms with Gasteiger partial charge in [-0.15, -0.1) is 11.3 Å². The van der Waals surface area contributed by atoms with E-state index in [1.54, 1.807) is 10.4 Å². The number of nitrogens with one attached hydrogen (secondary N) is 1. The Bertz CT molecular complexity index is 520. The lowest BCUT2D eigenvalue weighted by Crippen LogP contribution is -2.15. The quantitative estimate of drug-likeness (QED) is 0.851. The first kappa shape index (κ1) is 13.8. The van der Waals surface area contributed by atoms with E-state index in [0.29, 0.717) is 6.04 Å². The zero-order chi connectivity index (χ0) is 13.8. The molecule has 106 valence electrons. The van der Waals surface area contributed by atoms with Crippen LogP contribution in [0.2, 0.25) is 0 Å². The van der Waals surface area contributed by atoms with Gasteiger partial charge in [-0.05, 0) is 62.8 Å². The number of thiophene rings is 1. The van der Waals surface area contributed by atoms with Crippen molar-refractivity contribution >= 4 is 11.3 Å². The lowest BCUT2D eigenvalue weighted by atomic mass is 9.98. The molecule has 0 saturated heterocycles. The van der Waals surface area contributed by atoms with Gasteiger partial charge < -0.3 is 5.32 Å². The average Bonchev–Trinajstić information content (AvgIpc) is 2.92. The van der Waals surface area contributed by atoms with Crippen molar-refractivity contribution in [3.8, 4) is 0 Å².